The lowest BCUT2D eigenvalue weighted by Crippen LogP contribution is -2.18. The van der Waals surface area contributed by atoms with E-state index in [1.807, 2.05) is 97.1 Å². The van der Waals surface area contributed by atoms with E-state index < -0.39 is 5.91 Å². The predicted molar refractivity (Wildman–Crippen MR) is 166 cm³/mol. The van der Waals surface area contributed by atoms with Crippen molar-refractivity contribution < 1.29 is 9.53 Å². The number of benzene rings is 5. The summed E-state index contributed by atoms with van der Waals surface area (Å²) in [6.45, 7) is 0.480. The summed E-state index contributed by atoms with van der Waals surface area (Å²) in [6.07, 6.45) is 1.59. The summed E-state index contributed by atoms with van der Waals surface area (Å²) in [4.78, 5) is 13.0. The third-order valence-electron chi connectivity index (χ3n) is 6.57. The second-order valence-electron chi connectivity index (χ2n) is 9.41. The topological polar surface area (TPSA) is 68.5 Å². The number of hydrazone groups is 1. The fraction of sp³-hybridized carbons (Fsp3) is 0.0294. The van der Waals surface area contributed by atoms with Crippen LogP contribution >= 0.6 is 15.9 Å². The zero-order chi connectivity index (χ0) is 28.0. The number of hydrogen-bond donors (Lipinski definition) is 1. The SMILES string of the molecule is O=C(N/N=C\c1ccc(OCc2ccc(Br)cc2)cc1)c1cc(-c2ccc3ccccc3c2)n(-c2ccccc2)n1. The summed E-state index contributed by atoms with van der Waals surface area (Å²) in [5, 5.41) is 11.1. The lowest BCUT2D eigenvalue weighted by molar-refractivity contribution is 0.0949. The van der Waals surface area contributed by atoms with Crippen LogP contribution in [-0.2, 0) is 6.61 Å². The summed E-state index contributed by atoms with van der Waals surface area (Å²) >= 11 is 3.44. The molecule has 5 aromatic carbocycles. The minimum absolute atomic E-state index is 0.269. The van der Waals surface area contributed by atoms with Gasteiger partial charge < -0.3 is 4.74 Å². The number of aromatic nitrogens is 2. The largest absolute Gasteiger partial charge is 0.489 e. The van der Waals surface area contributed by atoms with Gasteiger partial charge in [-0.05, 0) is 82.6 Å². The number of hydrogen-bond acceptors (Lipinski definition) is 4. The first-order chi connectivity index (χ1) is 20.1. The summed E-state index contributed by atoms with van der Waals surface area (Å²) in [5.74, 6) is 0.356. The van der Waals surface area contributed by atoms with Crippen LogP contribution in [0.5, 0.6) is 5.75 Å². The van der Waals surface area contributed by atoms with Gasteiger partial charge in [0.25, 0.3) is 5.91 Å². The Morgan fingerprint density at radius 2 is 1.56 bits per heavy atom. The van der Waals surface area contributed by atoms with Crippen molar-refractivity contribution in [1.82, 2.24) is 15.2 Å². The number of amides is 1. The molecule has 1 amide bonds. The van der Waals surface area contributed by atoms with E-state index in [0.717, 1.165) is 49.1 Å². The Balaban J connectivity index is 1.16. The fourth-order valence-corrected chi connectivity index (χ4v) is 4.70. The molecule has 41 heavy (non-hydrogen) atoms. The Kier molecular flexibility index (Phi) is 7.69. The maximum absolute atomic E-state index is 13.0. The Labute approximate surface area is 246 Å². The highest BCUT2D eigenvalue weighted by Gasteiger charge is 2.17. The molecule has 0 fully saturated rings. The van der Waals surface area contributed by atoms with Gasteiger partial charge in [0.1, 0.15) is 12.4 Å². The van der Waals surface area contributed by atoms with Crippen molar-refractivity contribution in [3.05, 3.63) is 149 Å². The molecule has 1 heterocycles. The molecule has 0 atom stereocenters. The van der Waals surface area contributed by atoms with Crippen molar-refractivity contribution in [3.63, 3.8) is 0 Å². The molecule has 6 nitrogen and oxygen atoms in total. The van der Waals surface area contributed by atoms with E-state index in [4.69, 9.17) is 4.74 Å². The molecule has 0 saturated carbocycles. The molecule has 1 aromatic heterocycles. The molecule has 0 aliphatic rings. The number of nitrogens with zero attached hydrogens (tertiary/aromatic N) is 3. The van der Waals surface area contributed by atoms with Gasteiger partial charge in [-0.15, -0.1) is 0 Å². The summed E-state index contributed by atoms with van der Waals surface area (Å²) in [6, 6.07) is 41.5. The van der Waals surface area contributed by atoms with E-state index in [-0.39, 0.29) is 5.69 Å². The van der Waals surface area contributed by atoms with E-state index in [9.17, 15) is 4.79 Å². The summed E-state index contributed by atoms with van der Waals surface area (Å²) < 4.78 is 8.68. The molecule has 200 valence electrons. The van der Waals surface area contributed by atoms with Gasteiger partial charge in [0.05, 0.1) is 17.6 Å². The van der Waals surface area contributed by atoms with E-state index in [0.29, 0.717) is 6.61 Å². The monoisotopic (exact) mass is 600 g/mol. The maximum atomic E-state index is 13.0. The van der Waals surface area contributed by atoms with Crippen molar-refractivity contribution in [3.8, 4) is 22.7 Å². The van der Waals surface area contributed by atoms with Crippen LogP contribution in [0.4, 0.5) is 0 Å². The van der Waals surface area contributed by atoms with Gasteiger partial charge in [-0.2, -0.15) is 10.2 Å². The number of halogens is 1. The molecule has 0 bridgehead atoms. The first-order valence-corrected chi connectivity index (χ1v) is 13.9. The Morgan fingerprint density at radius 1 is 0.829 bits per heavy atom. The highest BCUT2D eigenvalue weighted by atomic mass is 79.9. The lowest BCUT2D eigenvalue weighted by Gasteiger charge is -2.08. The Hall–Kier alpha value is -5.01. The predicted octanol–water partition coefficient (Wildman–Crippen LogP) is 7.80. The molecule has 6 rings (SSSR count). The van der Waals surface area contributed by atoms with Gasteiger partial charge in [-0.25, -0.2) is 10.1 Å². The van der Waals surface area contributed by atoms with E-state index >= 15 is 0 Å². The van der Waals surface area contributed by atoms with Crippen LogP contribution in [0, 0.1) is 0 Å². The van der Waals surface area contributed by atoms with E-state index in [2.05, 4.69) is 55.8 Å². The van der Waals surface area contributed by atoms with Crippen LogP contribution < -0.4 is 10.2 Å². The van der Waals surface area contributed by atoms with Crippen LogP contribution in [0.25, 0.3) is 27.7 Å². The number of carbonyl (C=O) groups excluding carboxylic acids is 1. The third kappa shape index (κ3) is 6.26. The zero-order valence-electron chi connectivity index (χ0n) is 21.9. The quantitative estimate of drug-likeness (QED) is 0.143. The molecule has 1 N–H and O–H groups in total. The summed E-state index contributed by atoms with van der Waals surface area (Å²) in [5.41, 5.74) is 7.42. The maximum Gasteiger partial charge on any atom is 0.291 e. The third-order valence-corrected chi connectivity index (χ3v) is 7.10. The second-order valence-corrected chi connectivity index (χ2v) is 10.3. The molecule has 0 unspecified atom stereocenters. The number of rotatable bonds is 8. The number of para-hydroxylation sites is 1. The molecule has 7 heteroatoms. The Bertz CT molecular complexity index is 1830. The van der Waals surface area contributed by atoms with Crippen LogP contribution in [0.3, 0.4) is 0 Å². The average molecular weight is 602 g/mol. The molecule has 0 radical (unpaired) electrons. The van der Waals surface area contributed by atoms with Crippen molar-refractivity contribution >= 4 is 38.8 Å². The highest BCUT2D eigenvalue weighted by molar-refractivity contribution is 9.10. The minimum atomic E-state index is -0.396. The van der Waals surface area contributed by atoms with E-state index in [1.165, 1.54) is 0 Å². The smallest absolute Gasteiger partial charge is 0.291 e. The fourth-order valence-electron chi connectivity index (χ4n) is 4.43. The Morgan fingerprint density at radius 3 is 2.34 bits per heavy atom. The van der Waals surface area contributed by atoms with Crippen molar-refractivity contribution in [2.24, 2.45) is 5.10 Å². The van der Waals surface area contributed by atoms with Gasteiger partial charge in [0, 0.05) is 10.0 Å². The number of ether oxygens (including phenoxy) is 1. The molecule has 0 spiro atoms. The zero-order valence-corrected chi connectivity index (χ0v) is 23.5. The van der Waals surface area contributed by atoms with Crippen LogP contribution in [0.2, 0.25) is 0 Å². The average Bonchev–Trinajstić information content (AvgIpc) is 3.47. The van der Waals surface area contributed by atoms with Gasteiger partial charge >= 0.3 is 0 Å². The lowest BCUT2D eigenvalue weighted by atomic mass is 10.0. The first-order valence-electron chi connectivity index (χ1n) is 13.1. The molecule has 0 saturated heterocycles. The van der Waals surface area contributed by atoms with Crippen LogP contribution in [0.15, 0.2) is 137 Å². The standard InChI is InChI=1S/C34H25BrN4O2/c35-29-16-10-25(11-17-29)23-41-31-18-12-24(13-19-31)22-36-37-34(40)32-21-33(39(38-32)30-8-2-1-3-9-30)28-15-14-26-6-4-5-7-27(26)20-28/h1-22H,23H2,(H,37,40)/b36-22-. The molecule has 0 aliphatic heterocycles. The molecule has 6 aromatic rings. The first kappa shape index (κ1) is 26.2. The van der Waals surface area contributed by atoms with Gasteiger partial charge in [0.2, 0.25) is 0 Å². The van der Waals surface area contributed by atoms with Gasteiger partial charge in [-0.1, -0.05) is 82.7 Å². The number of nitrogens with one attached hydrogen (secondary N) is 1. The number of fused-ring (bicyclic) bond motifs is 1. The highest BCUT2D eigenvalue weighted by Crippen LogP contribution is 2.27. The van der Waals surface area contributed by atoms with Gasteiger partial charge in [-0.3, -0.25) is 4.79 Å². The number of carbonyl (C=O) groups is 1. The van der Waals surface area contributed by atoms with Crippen molar-refractivity contribution in [2.75, 3.05) is 0 Å². The van der Waals surface area contributed by atoms with Crippen molar-refractivity contribution in [2.45, 2.75) is 6.61 Å². The minimum Gasteiger partial charge on any atom is -0.489 e. The second kappa shape index (κ2) is 12.0. The van der Waals surface area contributed by atoms with Gasteiger partial charge in [0.15, 0.2) is 5.69 Å². The van der Waals surface area contributed by atoms with Crippen molar-refractivity contribution in [1.29, 1.82) is 0 Å². The summed E-state index contributed by atoms with van der Waals surface area (Å²) in [7, 11) is 0. The molecular weight excluding hydrogens is 576 g/mol. The van der Waals surface area contributed by atoms with Crippen LogP contribution in [0.1, 0.15) is 21.6 Å². The van der Waals surface area contributed by atoms with E-state index in [1.54, 1.807) is 17.0 Å². The molecule has 0 aliphatic carbocycles. The normalized spacial score (nSPS) is 11.1. The molecular formula is C34H25BrN4O2. The van der Waals surface area contributed by atoms with Crippen LogP contribution in [-0.4, -0.2) is 21.9 Å².